The summed E-state index contributed by atoms with van der Waals surface area (Å²) in [6.07, 6.45) is 3.54. The van der Waals surface area contributed by atoms with Crippen molar-refractivity contribution in [2.24, 2.45) is 0 Å². The molecule has 5 heteroatoms. The molecule has 0 spiro atoms. The molecule has 2 aromatic rings. The normalized spacial score (nSPS) is 16.7. The predicted molar refractivity (Wildman–Crippen MR) is 68.8 cm³/mol. The van der Waals surface area contributed by atoms with E-state index in [1.54, 1.807) is 6.20 Å². The minimum Gasteiger partial charge on any atom is -0.317 e. The third-order valence-corrected chi connectivity index (χ3v) is 3.63. The Balaban J connectivity index is 2.01. The van der Waals surface area contributed by atoms with Gasteiger partial charge in [-0.2, -0.15) is 5.10 Å². The van der Waals surface area contributed by atoms with E-state index in [1.807, 2.05) is 0 Å². The van der Waals surface area contributed by atoms with Gasteiger partial charge in [0.15, 0.2) is 0 Å². The highest BCUT2D eigenvalue weighted by molar-refractivity contribution is 5.66. The Labute approximate surface area is 110 Å². The quantitative estimate of drug-likeness (QED) is 0.874. The van der Waals surface area contributed by atoms with Gasteiger partial charge in [-0.25, -0.2) is 8.78 Å². The molecule has 1 saturated heterocycles. The van der Waals surface area contributed by atoms with Gasteiger partial charge in [0.2, 0.25) is 0 Å². The van der Waals surface area contributed by atoms with Gasteiger partial charge in [0, 0.05) is 22.7 Å². The molecule has 0 radical (unpaired) electrons. The van der Waals surface area contributed by atoms with E-state index in [4.69, 9.17) is 0 Å². The van der Waals surface area contributed by atoms with Crippen molar-refractivity contribution in [2.75, 3.05) is 13.1 Å². The number of piperidine rings is 1. The summed E-state index contributed by atoms with van der Waals surface area (Å²) in [7, 11) is 0. The van der Waals surface area contributed by atoms with Crippen LogP contribution in [0.3, 0.4) is 0 Å². The van der Waals surface area contributed by atoms with E-state index < -0.39 is 11.6 Å². The van der Waals surface area contributed by atoms with Crippen LogP contribution in [0.5, 0.6) is 0 Å². The second kappa shape index (κ2) is 5.09. The second-order valence-corrected chi connectivity index (χ2v) is 4.85. The lowest BCUT2D eigenvalue weighted by Crippen LogP contribution is -2.27. The highest BCUT2D eigenvalue weighted by Crippen LogP contribution is 2.33. The molecular weight excluding hydrogens is 248 g/mol. The van der Waals surface area contributed by atoms with Crippen LogP contribution < -0.4 is 5.32 Å². The average Bonchev–Trinajstić information content (AvgIpc) is 2.91. The van der Waals surface area contributed by atoms with Crippen LogP contribution in [0, 0.1) is 11.6 Å². The molecule has 1 aliphatic rings. The van der Waals surface area contributed by atoms with Crippen molar-refractivity contribution < 1.29 is 8.78 Å². The zero-order chi connectivity index (χ0) is 13.2. The number of H-pyrrole nitrogens is 1. The zero-order valence-corrected chi connectivity index (χ0v) is 10.4. The summed E-state index contributed by atoms with van der Waals surface area (Å²) in [5, 5.41) is 10.3. The van der Waals surface area contributed by atoms with Crippen molar-refractivity contribution >= 4 is 0 Å². The smallest absolute Gasteiger partial charge is 0.131 e. The number of nitrogens with zero attached hydrogens (tertiary/aromatic N) is 1. The molecule has 0 bridgehead atoms. The van der Waals surface area contributed by atoms with Crippen LogP contribution in [0.25, 0.3) is 11.1 Å². The number of aromatic nitrogens is 2. The summed E-state index contributed by atoms with van der Waals surface area (Å²) < 4.78 is 27.2. The Morgan fingerprint density at radius 1 is 1.11 bits per heavy atom. The van der Waals surface area contributed by atoms with E-state index in [2.05, 4.69) is 15.5 Å². The fourth-order valence-electron chi connectivity index (χ4n) is 2.64. The molecule has 100 valence electrons. The van der Waals surface area contributed by atoms with Gasteiger partial charge in [-0.15, -0.1) is 0 Å². The molecule has 1 aromatic heterocycles. The maximum absolute atomic E-state index is 13.9. The van der Waals surface area contributed by atoms with E-state index in [0.29, 0.717) is 11.5 Å². The molecule has 1 aromatic carbocycles. The van der Waals surface area contributed by atoms with E-state index in [-0.39, 0.29) is 5.56 Å². The summed E-state index contributed by atoms with van der Waals surface area (Å²) in [5.41, 5.74) is 1.86. The first-order valence-corrected chi connectivity index (χ1v) is 6.45. The van der Waals surface area contributed by atoms with Gasteiger partial charge >= 0.3 is 0 Å². The van der Waals surface area contributed by atoms with Crippen molar-refractivity contribution in [2.45, 2.75) is 18.8 Å². The van der Waals surface area contributed by atoms with Gasteiger partial charge in [-0.05, 0) is 44.1 Å². The largest absolute Gasteiger partial charge is 0.317 e. The lowest BCUT2D eigenvalue weighted by Gasteiger charge is -2.22. The molecule has 3 nitrogen and oxygen atoms in total. The highest BCUT2D eigenvalue weighted by atomic mass is 19.1. The fourth-order valence-corrected chi connectivity index (χ4v) is 2.64. The van der Waals surface area contributed by atoms with Crippen molar-refractivity contribution in [1.29, 1.82) is 0 Å². The minimum absolute atomic E-state index is 0.280. The van der Waals surface area contributed by atoms with Crippen molar-refractivity contribution in [3.63, 3.8) is 0 Å². The molecule has 1 aliphatic heterocycles. The van der Waals surface area contributed by atoms with E-state index in [1.165, 1.54) is 6.07 Å². The van der Waals surface area contributed by atoms with Crippen LogP contribution in [-0.4, -0.2) is 23.3 Å². The molecule has 0 unspecified atom stereocenters. The topological polar surface area (TPSA) is 40.7 Å². The van der Waals surface area contributed by atoms with Gasteiger partial charge in [0.05, 0.1) is 6.20 Å². The summed E-state index contributed by atoms with van der Waals surface area (Å²) in [6, 6.07) is 3.51. The third kappa shape index (κ3) is 2.38. The standard InChI is InChI=1S/C14H15F2N3/c15-10-1-2-13(16)11(7-10)12-8-18-19-14(12)9-3-5-17-6-4-9/h1-2,7-9,17H,3-6H2,(H,18,19). The van der Waals surface area contributed by atoms with Gasteiger partial charge in [0.25, 0.3) is 0 Å². The lowest BCUT2D eigenvalue weighted by atomic mass is 9.90. The molecule has 1 fully saturated rings. The molecule has 0 saturated carbocycles. The Bertz CT molecular complexity index is 574. The predicted octanol–water partition coefficient (Wildman–Crippen LogP) is 2.82. The monoisotopic (exact) mass is 263 g/mol. The van der Waals surface area contributed by atoms with Gasteiger partial charge in [-0.3, -0.25) is 5.10 Å². The van der Waals surface area contributed by atoms with Gasteiger partial charge < -0.3 is 5.32 Å². The third-order valence-electron chi connectivity index (χ3n) is 3.63. The maximum Gasteiger partial charge on any atom is 0.131 e. The Morgan fingerprint density at radius 2 is 1.89 bits per heavy atom. The SMILES string of the molecule is Fc1ccc(F)c(-c2cn[nH]c2C2CCNCC2)c1. The molecule has 3 rings (SSSR count). The van der Waals surface area contributed by atoms with E-state index in [0.717, 1.165) is 43.8 Å². The Hall–Kier alpha value is -1.75. The van der Waals surface area contributed by atoms with Gasteiger partial charge in [0.1, 0.15) is 11.6 Å². The number of halogens is 2. The number of aromatic amines is 1. The van der Waals surface area contributed by atoms with Crippen LogP contribution in [-0.2, 0) is 0 Å². The number of benzene rings is 1. The molecule has 2 heterocycles. The maximum atomic E-state index is 13.9. The van der Waals surface area contributed by atoms with Crippen molar-refractivity contribution in [3.8, 4) is 11.1 Å². The van der Waals surface area contributed by atoms with Crippen LogP contribution in [0.1, 0.15) is 24.5 Å². The average molecular weight is 263 g/mol. The Morgan fingerprint density at radius 3 is 2.68 bits per heavy atom. The van der Waals surface area contributed by atoms with Crippen molar-refractivity contribution in [1.82, 2.24) is 15.5 Å². The Kier molecular flexibility index (Phi) is 3.29. The molecular formula is C14H15F2N3. The minimum atomic E-state index is -0.436. The first-order chi connectivity index (χ1) is 9.25. The lowest BCUT2D eigenvalue weighted by molar-refractivity contribution is 0.453. The zero-order valence-electron chi connectivity index (χ0n) is 10.4. The first kappa shape index (κ1) is 12.3. The molecule has 19 heavy (non-hydrogen) atoms. The van der Waals surface area contributed by atoms with Crippen LogP contribution in [0.4, 0.5) is 8.78 Å². The molecule has 2 N–H and O–H groups in total. The molecule has 0 atom stereocenters. The highest BCUT2D eigenvalue weighted by Gasteiger charge is 2.22. The summed E-state index contributed by atoms with van der Waals surface area (Å²) in [6.45, 7) is 1.88. The number of rotatable bonds is 2. The number of hydrogen-bond acceptors (Lipinski definition) is 2. The van der Waals surface area contributed by atoms with Gasteiger partial charge in [-0.1, -0.05) is 0 Å². The van der Waals surface area contributed by atoms with Crippen molar-refractivity contribution in [3.05, 3.63) is 41.7 Å². The number of hydrogen-bond donors (Lipinski definition) is 2. The van der Waals surface area contributed by atoms with E-state index >= 15 is 0 Å². The first-order valence-electron chi connectivity index (χ1n) is 6.45. The molecule has 0 amide bonds. The van der Waals surface area contributed by atoms with E-state index in [9.17, 15) is 8.78 Å². The van der Waals surface area contributed by atoms with Crippen LogP contribution in [0.15, 0.2) is 24.4 Å². The second-order valence-electron chi connectivity index (χ2n) is 4.85. The fraction of sp³-hybridized carbons (Fsp3) is 0.357. The van der Waals surface area contributed by atoms with Crippen LogP contribution in [0.2, 0.25) is 0 Å². The summed E-state index contributed by atoms with van der Waals surface area (Å²) in [5.74, 6) is -0.534. The van der Waals surface area contributed by atoms with Crippen LogP contribution >= 0.6 is 0 Å². The summed E-state index contributed by atoms with van der Waals surface area (Å²) in [4.78, 5) is 0. The summed E-state index contributed by atoms with van der Waals surface area (Å²) >= 11 is 0. The molecule has 0 aliphatic carbocycles. The number of nitrogens with one attached hydrogen (secondary N) is 2.